The lowest BCUT2D eigenvalue weighted by Crippen LogP contribution is -2.43. The van der Waals surface area contributed by atoms with E-state index < -0.39 is 0 Å². The van der Waals surface area contributed by atoms with Crippen LogP contribution in [0.25, 0.3) is 0 Å². The number of hydrogen-bond acceptors (Lipinski definition) is 3. The molecular formula is C20H26N2O3. The van der Waals surface area contributed by atoms with Crippen LogP contribution in [0.15, 0.2) is 43.0 Å². The topological polar surface area (TPSA) is 49.9 Å². The second-order valence-electron chi connectivity index (χ2n) is 6.87. The molecule has 134 valence electrons. The third-order valence-electron chi connectivity index (χ3n) is 5.18. The van der Waals surface area contributed by atoms with Crippen molar-refractivity contribution in [2.45, 2.75) is 19.3 Å². The van der Waals surface area contributed by atoms with E-state index in [9.17, 15) is 9.59 Å². The molecule has 0 spiro atoms. The molecule has 2 aliphatic heterocycles. The summed E-state index contributed by atoms with van der Waals surface area (Å²) in [7, 11) is 0. The van der Waals surface area contributed by atoms with Crippen LogP contribution in [0.4, 0.5) is 0 Å². The fraction of sp³-hybridized carbons (Fsp3) is 0.500. The highest BCUT2D eigenvalue weighted by atomic mass is 16.5. The Hall–Kier alpha value is -2.30. The zero-order valence-electron chi connectivity index (χ0n) is 14.6. The van der Waals surface area contributed by atoms with Crippen molar-refractivity contribution < 1.29 is 14.3 Å². The number of carbonyl (C=O) groups excluding carboxylic acids is 2. The molecule has 3 rings (SSSR count). The van der Waals surface area contributed by atoms with Crippen LogP contribution in [0.3, 0.4) is 0 Å². The Kier molecular flexibility index (Phi) is 5.74. The molecule has 2 fully saturated rings. The zero-order chi connectivity index (χ0) is 17.6. The molecule has 0 aromatic heterocycles. The van der Waals surface area contributed by atoms with Crippen LogP contribution < -0.4 is 4.74 Å². The van der Waals surface area contributed by atoms with Crippen LogP contribution in [0, 0.1) is 11.8 Å². The Morgan fingerprint density at radius 3 is 2.44 bits per heavy atom. The SMILES string of the molecule is C=CC(=O)N1CCC(C(=O)N2CCC(COc3ccccc3)CC2)C1. The second-order valence-corrected chi connectivity index (χ2v) is 6.87. The van der Waals surface area contributed by atoms with E-state index in [0.717, 1.165) is 38.1 Å². The molecule has 5 nitrogen and oxygen atoms in total. The summed E-state index contributed by atoms with van der Waals surface area (Å²) in [5.74, 6) is 1.46. The van der Waals surface area contributed by atoms with Crippen LogP contribution in [0.1, 0.15) is 19.3 Å². The smallest absolute Gasteiger partial charge is 0.245 e. The maximum Gasteiger partial charge on any atom is 0.245 e. The number of likely N-dealkylation sites (tertiary alicyclic amines) is 2. The van der Waals surface area contributed by atoms with E-state index >= 15 is 0 Å². The van der Waals surface area contributed by atoms with Gasteiger partial charge in [-0.3, -0.25) is 9.59 Å². The summed E-state index contributed by atoms with van der Waals surface area (Å²) in [6.07, 6.45) is 4.03. The van der Waals surface area contributed by atoms with Gasteiger partial charge in [-0.2, -0.15) is 0 Å². The van der Waals surface area contributed by atoms with Crippen molar-refractivity contribution in [3.8, 4) is 5.75 Å². The minimum atomic E-state index is -0.0768. The maximum absolute atomic E-state index is 12.7. The summed E-state index contributed by atoms with van der Waals surface area (Å²) in [4.78, 5) is 28.0. The quantitative estimate of drug-likeness (QED) is 0.772. The molecule has 2 heterocycles. The van der Waals surface area contributed by atoms with Gasteiger partial charge in [0.05, 0.1) is 12.5 Å². The number of hydrogen-bond donors (Lipinski definition) is 0. The van der Waals surface area contributed by atoms with Gasteiger partial charge in [0.15, 0.2) is 0 Å². The molecule has 0 aliphatic carbocycles. The summed E-state index contributed by atoms with van der Waals surface area (Å²) >= 11 is 0. The van der Waals surface area contributed by atoms with E-state index in [-0.39, 0.29) is 17.7 Å². The molecule has 25 heavy (non-hydrogen) atoms. The van der Waals surface area contributed by atoms with E-state index in [1.165, 1.54) is 6.08 Å². The number of amides is 2. The minimum absolute atomic E-state index is 0.0546. The number of para-hydroxylation sites is 1. The van der Waals surface area contributed by atoms with Crippen molar-refractivity contribution in [1.82, 2.24) is 9.80 Å². The first-order chi connectivity index (χ1) is 12.2. The fourth-order valence-corrected chi connectivity index (χ4v) is 3.60. The van der Waals surface area contributed by atoms with Crippen LogP contribution in [-0.4, -0.2) is 54.4 Å². The molecule has 2 aliphatic rings. The zero-order valence-corrected chi connectivity index (χ0v) is 14.6. The van der Waals surface area contributed by atoms with E-state index in [1.54, 1.807) is 4.90 Å². The largest absolute Gasteiger partial charge is 0.493 e. The maximum atomic E-state index is 12.7. The molecule has 1 aromatic carbocycles. The highest BCUT2D eigenvalue weighted by Gasteiger charge is 2.34. The molecular weight excluding hydrogens is 316 g/mol. The lowest BCUT2D eigenvalue weighted by Gasteiger charge is -2.33. The first-order valence-corrected chi connectivity index (χ1v) is 9.05. The van der Waals surface area contributed by atoms with Crippen LogP contribution in [0.5, 0.6) is 5.75 Å². The highest BCUT2D eigenvalue weighted by Crippen LogP contribution is 2.24. The number of carbonyl (C=O) groups is 2. The van der Waals surface area contributed by atoms with Gasteiger partial charge in [-0.25, -0.2) is 0 Å². The van der Waals surface area contributed by atoms with Gasteiger partial charge >= 0.3 is 0 Å². The molecule has 2 amide bonds. The predicted molar refractivity (Wildman–Crippen MR) is 96.1 cm³/mol. The van der Waals surface area contributed by atoms with Crippen molar-refractivity contribution in [3.05, 3.63) is 43.0 Å². The lowest BCUT2D eigenvalue weighted by atomic mass is 9.96. The summed E-state index contributed by atoms with van der Waals surface area (Å²) in [6, 6.07) is 9.85. The Morgan fingerprint density at radius 1 is 1.08 bits per heavy atom. The first-order valence-electron chi connectivity index (χ1n) is 9.05. The minimum Gasteiger partial charge on any atom is -0.493 e. The van der Waals surface area contributed by atoms with E-state index in [0.29, 0.717) is 25.6 Å². The molecule has 5 heteroatoms. The number of nitrogens with zero attached hydrogens (tertiary/aromatic N) is 2. The van der Waals surface area contributed by atoms with Crippen molar-refractivity contribution in [3.63, 3.8) is 0 Å². The number of benzene rings is 1. The van der Waals surface area contributed by atoms with Crippen molar-refractivity contribution in [2.75, 3.05) is 32.8 Å². The van der Waals surface area contributed by atoms with E-state index in [2.05, 4.69) is 6.58 Å². The van der Waals surface area contributed by atoms with Crippen molar-refractivity contribution >= 4 is 11.8 Å². The van der Waals surface area contributed by atoms with Crippen molar-refractivity contribution in [2.24, 2.45) is 11.8 Å². The van der Waals surface area contributed by atoms with Crippen LogP contribution >= 0.6 is 0 Å². The number of piperidine rings is 1. The monoisotopic (exact) mass is 342 g/mol. The molecule has 0 bridgehead atoms. The van der Waals surface area contributed by atoms with Gasteiger partial charge in [-0.15, -0.1) is 0 Å². The summed E-state index contributed by atoms with van der Waals surface area (Å²) in [5, 5.41) is 0. The number of ether oxygens (including phenoxy) is 1. The van der Waals surface area contributed by atoms with Gasteiger partial charge in [-0.05, 0) is 43.4 Å². The first kappa shape index (κ1) is 17.5. The average Bonchev–Trinajstić information content (AvgIpc) is 3.16. The third kappa shape index (κ3) is 4.41. The van der Waals surface area contributed by atoms with Gasteiger partial charge in [0.2, 0.25) is 11.8 Å². The van der Waals surface area contributed by atoms with Gasteiger partial charge in [-0.1, -0.05) is 24.8 Å². The summed E-state index contributed by atoms with van der Waals surface area (Å²) < 4.78 is 5.84. The molecule has 1 aromatic rings. The van der Waals surface area contributed by atoms with Crippen LogP contribution in [-0.2, 0) is 9.59 Å². The van der Waals surface area contributed by atoms with Crippen LogP contribution in [0.2, 0.25) is 0 Å². The Morgan fingerprint density at radius 2 is 1.76 bits per heavy atom. The molecule has 0 saturated carbocycles. The fourth-order valence-electron chi connectivity index (χ4n) is 3.60. The molecule has 0 N–H and O–H groups in total. The van der Waals surface area contributed by atoms with Crippen molar-refractivity contribution in [1.29, 1.82) is 0 Å². The molecule has 0 radical (unpaired) electrons. The van der Waals surface area contributed by atoms with Gasteiger partial charge in [0.25, 0.3) is 0 Å². The number of rotatable bonds is 5. The summed E-state index contributed by atoms with van der Waals surface area (Å²) in [5.41, 5.74) is 0. The normalized spacial score (nSPS) is 21.2. The molecule has 1 unspecified atom stereocenters. The Labute approximate surface area is 149 Å². The highest BCUT2D eigenvalue weighted by molar-refractivity contribution is 5.88. The van der Waals surface area contributed by atoms with E-state index in [1.807, 2.05) is 35.2 Å². The van der Waals surface area contributed by atoms with Gasteiger partial charge in [0, 0.05) is 26.2 Å². The third-order valence-corrected chi connectivity index (χ3v) is 5.18. The van der Waals surface area contributed by atoms with Gasteiger partial charge < -0.3 is 14.5 Å². The average molecular weight is 342 g/mol. The Balaban J connectivity index is 1.42. The lowest BCUT2D eigenvalue weighted by molar-refractivity contribution is -0.136. The standard InChI is InChI=1S/C20H26N2O3/c1-2-19(23)22-13-10-17(14-22)20(24)21-11-8-16(9-12-21)15-25-18-6-4-3-5-7-18/h2-7,16-17H,1,8-15H2. The molecule has 1 atom stereocenters. The van der Waals surface area contributed by atoms with E-state index in [4.69, 9.17) is 4.74 Å². The Bertz CT molecular complexity index is 609. The molecule has 2 saturated heterocycles. The predicted octanol–water partition coefficient (Wildman–Crippen LogP) is 2.34. The van der Waals surface area contributed by atoms with Gasteiger partial charge in [0.1, 0.15) is 5.75 Å². The summed E-state index contributed by atoms with van der Waals surface area (Å²) in [6.45, 7) is 6.97. The second kappa shape index (κ2) is 8.19.